The van der Waals surface area contributed by atoms with Gasteiger partial charge in [-0.15, -0.1) is 0 Å². The highest BCUT2D eigenvalue weighted by atomic mass is 15.2. The molecule has 0 radical (unpaired) electrons. The Bertz CT molecular complexity index is 3000. The average molecular weight is 798 g/mol. The van der Waals surface area contributed by atoms with Crippen LogP contribution in [0.4, 0.5) is 5.69 Å². The summed E-state index contributed by atoms with van der Waals surface area (Å²) in [6, 6.07) is 72.6. The van der Waals surface area contributed by atoms with Gasteiger partial charge in [0.05, 0.1) is 12.1 Å². The molecule has 3 aliphatic rings. The van der Waals surface area contributed by atoms with Gasteiger partial charge in [-0.05, 0) is 115 Å². The molecule has 0 spiro atoms. The fraction of sp³-hybridized carbons (Fsp3) is 0.0847. The van der Waals surface area contributed by atoms with E-state index in [2.05, 4.69) is 240 Å². The first-order valence-electron chi connectivity index (χ1n) is 21.8. The minimum absolute atomic E-state index is 0.0260. The summed E-state index contributed by atoms with van der Waals surface area (Å²) in [6.07, 6.45) is 11.3. The quantitative estimate of drug-likeness (QED) is 0.143. The molecular weight excluding hydrogens is 751 g/mol. The van der Waals surface area contributed by atoms with E-state index in [0.717, 1.165) is 18.5 Å². The highest BCUT2D eigenvalue weighted by Crippen LogP contribution is 2.43. The van der Waals surface area contributed by atoms with Gasteiger partial charge in [0.15, 0.2) is 0 Å². The number of benzene rings is 8. The second kappa shape index (κ2) is 16.5. The van der Waals surface area contributed by atoms with Crippen molar-refractivity contribution in [1.29, 1.82) is 0 Å². The fourth-order valence-corrected chi connectivity index (χ4v) is 9.42. The molecule has 0 saturated heterocycles. The van der Waals surface area contributed by atoms with Crippen LogP contribution < -0.4 is 16.0 Å². The van der Waals surface area contributed by atoms with Crippen LogP contribution >= 0.6 is 0 Å². The van der Waals surface area contributed by atoms with Gasteiger partial charge in [-0.2, -0.15) is 0 Å². The van der Waals surface area contributed by atoms with Crippen molar-refractivity contribution in [1.82, 2.24) is 10.6 Å². The van der Waals surface area contributed by atoms with Crippen molar-refractivity contribution >= 4 is 27.6 Å². The van der Waals surface area contributed by atoms with Gasteiger partial charge in [-0.1, -0.05) is 200 Å². The lowest BCUT2D eigenvalue weighted by molar-refractivity contribution is 0.418. The molecule has 0 fully saturated rings. The Labute approximate surface area is 364 Å². The third kappa shape index (κ3) is 7.49. The van der Waals surface area contributed by atoms with Crippen LogP contribution in [0.1, 0.15) is 64.5 Å². The first-order valence-corrected chi connectivity index (χ1v) is 21.8. The van der Waals surface area contributed by atoms with Crippen LogP contribution in [0.5, 0.6) is 0 Å². The van der Waals surface area contributed by atoms with E-state index in [9.17, 15) is 0 Å². The van der Waals surface area contributed by atoms with E-state index < -0.39 is 0 Å². The molecule has 8 aromatic rings. The molecule has 11 rings (SSSR count). The Morgan fingerprint density at radius 2 is 0.935 bits per heavy atom. The molecule has 2 heterocycles. The van der Waals surface area contributed by atoms with Gasteiger partial charge in [0.1, 0.15) is 6.17 Å². The molecule has 3 heteroatoms. The molecule has 298 valence electrons. The number of anilines is 1. The maximum absolute atomic E-state index is 3.95. The van der Waals surface area contributed by atoms with Crippen molar-refractivity contribution in [3.05, 3.63) is 269 Å². The summed E-state index contributed by atoms with van der Waals surface area (Å²) in [6.45, 7) is 0. The summed E-state index contributed by atoms with van der Waals surface area (Å²) >= 11 is 0. The van der Waals surface area contributed by atoms with Crippen molar-refractivity contribution in [2.75, 3.05) is 5.32 Å². The summed E-state index contributed by atoms with van der Waals surface area (Å²) in [5, 5.41) is 14.2. The second-order valence-electron chi connectivity index (χ2n) is 16.6. The van der Waals surface area contributed by atoms with Gasteiger partial charge >= 0.3 is 0 Å². The minimum Gasteiger partial charge on any atom is -0.374 e. The first kappa shape index (κ1) is 37.5. The SMILES string of the molecule is C1=C(C2=CC(c3ccc(-c4ccc5c6c(ccc5c4)NC(c4ccccc4)C=C6c4ccccc4)cc3)NC(c3ccc(-c4ccccc4)cc3)N2)CCC(c2ccccc2)=C1. The van der Waals surface area contributed by atoms with Crippen molar-refractivity contribution in [3.63, 3.8) is 0 Å². The Hall–Kier alpha value is -7.46. The maximum atomic E-state index is 3.95. The number of hydrogen-bond acceptors (Lipinski definition) is 3. The summed E-state index contributed by atoms with van der Waals surface area (Å²) in [5.41, 5.74) is 18.7. The fourth-order valence-electron chi connectivity index (χ4n) is 9.42. The van der Waals surface area contributed by atoms with Gasteiger partial charge < -0.3 is 10.6 Å². The molecule has 3 nitrogen and oxygen atoms in total. The van der Waals surface area contributed by atoms with Crippen LogP contribution in [-0.2, 0) is 0 Å². The average Bonchev–Trinajstić information content (AvgIpc) is 3.37. The molecule has 0 saturated carbocycles. The zero-order valence-corrected chi connectivity index (χ0v) is 34.5. The minimum atomic E-state index is -0.0522. The van der Waals surface area contributed by atoms with Crippen LogP contribution in [0, 0.1) is 0 Å². The molecule has 0 amide bonds. The summed E-state index contributed by atoms with van der Waals surface area (Å²) in [5.74, 6) is 0. The lowest BCUT2D eigenvalue weighted by Gasteiger charge is -2.34. The van der Waals surface area contributed by atoms with E-state index in [-0.39, 0.29) is 18.2 Å². The Morgan fingerprint density at radius 1 is 0.387 bits per heavy atom. The van der Waals surface area contributed by atoms with Crippen LogP contribution in [0.3, 0.4) is 0 Å². The molecule has 8 aromatic carbocycles. The standard InChI is InChI=1S/C59H47N3/c1-5-13-40(14-6-1)42-21-27-47(28-22-42)56-39-57(62-59(61-56)49-31-25-43(26-32-49)41-15-7-2-8-16-41)48-29-23-44(24-30-48)50-33-35-52-51(37-50)34-36-54-58(52)53(45-17-9-3-10-18-45)38-55(60-54)46-19-11-4-12-20-46/h1-21,23-27,29-39,55,57,59-62H,22,28H2. The van der Waals surface area contributed by atoms with Gasteiger partial charge in [-0.25, -0.2) is 0 Å². The van der Waals surface area contributed by atoms with Crippen LogP contribution in [0.25, 0.3) is 44.2 Å². The van der Waals surface area contributed by atoms with Gasteiger partial charge in [0.2, 0.25) is 0 Å². The van der Waals surface area contributed by atoms with Crippen molar-refractivity contribution in [2.24, 2.45) is 0 Å². The number of hydrogen-bond donors (Lipinski definition) is 3. The summed E-state index contributed by atoms with van der Waals surface area (Å²) in [7, 11) is 0. The normalized spacial score (nSPS) is 18.3. The number of nitrogens with one attached hydrogen (secondary N) is 3. The lowest BCUT2D eigenvalue weighted by atomic mass is 9.85. The van der Waals surface area contributed by atoms with Crippen LogP contribution in [-0.4, -0.2) is 0 Å². The van der Waals surface area contributed by atoms with Crippen LogP contribution in [0.15, 0.2) is 236 Å². The zero-order chi connectivity index (χ0) is 41.2. The smallest absolute Gasteiger partial charge is 0.104 e. The number of fused-ring (bicyclic) bond motifs is 3. The molecule has 0 aromatic heterocycles. The van der Waals surface area contributed by atoms with Gasteiger partial charge in [0.25, 0.3) is 0 Å². The lowest BCUT2D eigenvalue weighted by Crippen LogP contribution is -2.40. The van der Waals surface area contributed by atoms with Crippen LogP contribution in [0.2, 0.25) is 0 Å². The highest BCUT2D eigenvalue weighted by molar-refractivity contribution is 6.05. The third-order valence-corrected chi connectivity index (χ3v) is 12.8. The van der Waals surface area contributed by atoms with Gasteiger partial charge in [0, 0.05) is 16.9 Å². The Balaban J connectivity index is 0.903. The van der Waals surface area contributed by atoms with E-state index in [0.29, 0.717) is 0 Å². The van der Waals surface area contributed by atoms with Gasteiger partial charge in [-0.3, -0.25) is 5.32 Å². The zero-order valence-electron chi connectivity index (χ0n) is 34.5. The van der Waals surface area contributed by atoms with E-state index in [1.807, 2.05) is 0 Å². The molecule has 3 unspecified atom stereocenters. The molecule has 0 bridgehead atoms. The van der Waals surface area contributed by atoms with E-state index >= 15 is 0 Å². The molecule has 2 aliphatic heterocycles. The predicted octanol–water partition coefficient (Wildman–Crippen LogP) is 14.4. The topological polar surface area (TPSA) is 36.1 Å². The number of rotatable bonds is 8. The molecule has 1 aliphatic carbocycles. The van der Waals surface area contributed by atoms with E-state index in [1.165, 1.54) is 88.8 Å². The van der Waals surface area contributed by atoms with Crippen molar-refractivity contribution in [3.8, 4) is 22.3 Å². The third-order valence-electron chi connectivity index (χ3n) is 12.8. The molecule has 3 N–H and O–H groups in total. The first-order chi connectivity index (χ1) is 30.7. The highest BCUT2D eigenvalue weighted by Gasteiger charge is 2.27. The predicted molar refractivity (Wildman–Crippen MR) is 259 cm³/mol. The Kier molecular flexibility index (Phi) is 10.0. The molecule has 3 atom stereocenters. The monoisotopic (exact) mass is 797 g/mol. The molecule has 62 heavy (non-hydrogen) atoms. The summed E-state index contributed by atoms with van der Waals surface area (Å²) in [4.78, 5) is 0. The largest absolute Gasteiger partial charge is 0.374 e. The molecular formula is C59H47N3. The Morgan fingerprint density at radius 3 is 1.61 bits per heavy atom. The number of allylic oxidation sites excluding steroid dienone is 4. The van der Waals surface area contributed by atoms with E-state index in [1.54, 1.807) is 0 Å². The second-order valence-corrected chi connectivity index (χ2v) is 16.6. The maximum Gasteiger partial charge on any atom is 0.104 e. The van der Waals surface area contributed by atoms with Crippen molar-refractivity contribution in [2.45, 2.75) is 31.1 Å². The summed E-state index contributed by atoms with van der Waals surface area (Å²) < 4.78 is 0. The van der Waals surface area contributed by atoms with Crippen molar-refractivity contribution < 1.29 is 0 Å². The van der Waals surface area contributed by atoms with E-state index in [4.69, 9.17) is 0 Å².